The van der Waals surface area contributed by atoms with E-state index in [9.17, 15) is 24.3 Å². The SMILES string of the molecule is CC(C)C1=C2[C@H]3CC[C@@H]4[C@@]5(C)CC[C@H](OC(=O)CC(C)(C)C(=O)O)C(C)(C)[C@@H]5CC[C@@]4(C)[C@]3(C)CC[C@@]2(c2c(Cl)c(=O)n(-c3ccc(Cl)cn3)n2CCN(C)C)CC1=O. The molecule has 59 heavy (non-hydrogen) atoms. The Hall–Kier alpha value is -2.95. The minimum atomic E-state index is -1.19. The van der Waals surface area contributed by atoms with Gasteiger partial charge in [0.25, 0.3) is 5.56 Å². The zero-order valence-electron chi connectivity index (χ0n) is 37.1. The van der Waals surface area contributed by atoms with E-state index >= 15 is 0 Å². The van der Waals surface area contributed by atoms with E-state index in [1.165, 1.54) is 5.57 Å². The number of allylic oxidation sites excluding steroid dienone is 2. The first-order valence-electron chi connectivity index (χ1n) is 21.9. The summed E-state index contributed by atoms with van der Waals surface area (Å²) in [5.41, 5.74) is 0.208. The predicted molar refractivity (Wildman–Crippen MR) is 231 cm³/mol. The van der Waals surface area contributed by atoms with Crippen molar-refractivity contribution in [1.82, 2.24) is 19.2 Å². The van der Waals surface area contributed by atoms with E-state index < -0.39 is 22.8 Å². The molecule has 4 saturated carbocycles. The Kier molecular flexibility index (Phi) is 11.1. The number of aliphatic carboxylic acids is 1. The summed E-state index contributed by atoms with van der Waals surface area (Å²) in [6.45, 7) is 20.6. The molecule has 4 fully saturated rings. The molecule has 2 heterocycles. The molecule has 12 heteroatoms. The lowest BCUT2D eigenvalue weighted by atomic mass is 9.33. The van der Waals surface area contributed by atoms with Crippen LogP contribution in [0.2, 0.25) is 10.0 Å². The number of ketones is 1. The Morgan fingerprint density at radius 3 is 2.27 bits per heavy atom. The van der Waals surface area contributed by atoms with E-state index in [4.69, 9.17) is 27.9 Å². The standard InChI is InChI=1S/C47H66Cl2N4O6/c1-27(2)36-30(54)24-47(39-38(49)40(56)53(52(39)23-22-51(10)11)34-15-12-28(48)26-50-34)21-20-45(8)29(37(36)47)13-14-32-44(7)18-17-33(59-35(55)25-42(3,4)41(57)58)43(5,6)31(44)16-19-46(32,45)9/h12,15,26-27,29,31-33H,13-14,16-25H2,1-11H3,(H,57,58)/t29-,31+,32-,33+,44+,45-,46-,47-/m1/s1. The summed E-state index contributed by atoms with van der Waals surface area (Å²) in [6, 6.07) is 3.48. The van der Waals surface area contributed by atoms with Gasteiger partial charge in [-0.2, -0.15) is 4.68 Å². The van der Waals surface area contributed by atoms with E-state index in [-0.39, 0.29) is 62.4 Å². The number of rotatable bonds is 10. The van der Waals surface area contributed by atoms with Crippen LogP contribution in [0, 0.1) is 50.7 Å². The van der Waals surface area contributed by atoms with Gasteiger partial charge in [-0.1, -0.05) is 71.7 Å². The minimum absolute atomic E-state index is 0.00177. The highest BCUT2D eigenvalue weighted by Gasteiger charge is 2.71. The average Bonchev–Trinajstić information content (AvgIpc) is 3.58. The maximum Gasteiger partial charge on any atom is 0.309 e. The zero-order chi connectivity index (χ0) is 43.4. The molecular formula is C47H66Cl2N4O6. The molecule has 10 nitrogen and oxygen atoms in total. The number of pyridine rings is 1. The summed E-state index contributed by atoms with van der Waals surface area (Å²) < 4.78 is 9.82. The normalized spacial score (nSPS) is 34.1. The fourth-order valence-corrected chi connectivity index (χ4v) is 14.4. The number of nitrogens with zero attached hydrogens (tertiary/aromatic N) is 4. The molecule has 0 unspecified atom stereocenters. The van der Waals surface area contributed by atoms with Gasteiger partial charge in [-0.25, -0.2) is 4.98 Å². The van der Waals surface area contributed by atoms with Crippen LogP contribution in [-0.2, 0) is 31.1 Å². The van der Waals surface area contributed by atoms with Crippen LogP contribution in [0.3, 0.4) is 0 Å². The Labute approximate surface area is 360 Å². The number of carbonyl (C=O) groups excluding carboxylic acids is 2. The number of hydrogen-bond donors (Lipinski definition) is 1. The largest absolute Gasteiger partial charge is 0.481 e. The van der Waals surface area contributed by atoms with Gasteiger partial charge in [0.1, 0.15) is 11.1 Å². The van der Waals surface area contributed by atoms with Gasteiger partial charge in [-0.15, -0.1) is 0 Å². The van der Waals surface area contributed by atoms with Gasteiger partial charge in [-0.3, -0.25) is 23.9 Å². The van der Waals surface area contributed by atoms with Crippen LogP contribution >= 0.6 is 23.2 Å². The maximum atomic E-state index is 14.6. The van der Waals surface area contributed by atoms with Crippen LogP contribution in [0.5, 0.6) is 0 Å². The highest BCUT2D eigenvalue weighted by molar-refractivity contribution is 6.31. The molecule has 2 aromatic rings. The van der Waals surface area contributed by atoms with Crippen LogP contribution in [-0.4, -0.2) is 68.8 Å². The van der Waals surface area contributed by atoms with Crippen molar-refractivity contribution in [1.29, 1.82) is 0 Å². The first kappa shape index (κ1) is 44.1. The van der Waals surface area contributed by atoms with E-state index in [0.717, 1.165) is 62.6 Å². The number of carbonyl (C=O) groups is 3. The summed E-state index contributed by atoms with van der Waals surface area (Å²) in [6.07, 6.45) is 8.71. The van der Waals surface area contributed by atoms with Crippen molar-refractivity contribution in [3.8, 4) is 5.82 Å². The predicted octanol–water partition coefficient (Wildman–Crippen LogP) is 9.55. The molecule has 0 amide bonds. The van der Waals surface area contributed by atoms with Gasteiger partial charge >= 0.3 is 11.9 Å². The molecule has 1 N–H and O–H groups in total. The number of esters is 1. The zero-order valence-corrected chi connectivity index (χ0v) is 38.6. The van der Waals surface area contributed by atoms with Crippen molar-refractivity contribution in [3.63, 3.8) is 0 Å². The highest BCUT2D eigenvalue weighted by atomic mass is 35.5. The molecule has 5 aliphatic rings. The molecule has 0 radical (unpaired) electrons. The van der Waals surface area contributed by atoms with Gasteiger partial charge in [0.2, 0.25) is 0 Å². The van der Waals surface area contributed by atoms with Crippen LogP contribution in [0.4, 0.5) is 0 Å². The lowest BCUT2D eigenvalue weighted by Crippen LogP contribution is -2.66. The lowest BCUT2D eigenvalue weighted by molar-refractivity contribution is -0.232. The van der Waals surface area contributed by atoms with E-state index in [1.54, 1.807) is 36.9 Å². The van der Waals surface area contributed by atoms with Crippen molar-refractivity contribution in [2.24, 2.45) is 50.7 Å². The molecule has 0 bridgehead atoms. The quantitative estimate of drug-likeness (QED) is 0.235. The molecule has 8 atom stereocenters. The van der Waals surface area contributed by atoms with E-state index in [2.05, 4.69) is 58.4 Å². The van der Waals surface area contributed by atoms with Gasteiger partial charge in [0.05, 0.1) is 29.1 Å². The molecule has 0 aromatic carbocycles. The van der Waals surface area contributed by atoms with Crippen LogP contribution < -0.4 is 5.56 Å². The number of carboxylic acid groups (broad SMARTS) is 1. The molecule has 0 spiro atoms. The summed E-state index contributed by atoms with van der Waals surface area (Å²) in [4.78, 5) is 60.7. The van der Waals surface area contributed by atoms with Crippen LogP contribution in [0.25, 0.3) is 5.82 Å². The fourth-order valence-electron chi connectivity index (χ4n) is 13.9. The number of fused-ring (bicyclic) bond motifs is 7. The molecule has 0 aliphatic heterocycles. The van der Waals surface area contributed by atoms with Crippen LogP contribution in [0.1, 0.15) is 132 Å². The third-order valence-electron chi connectivity index (χ3n) is 17.0. The Morgan fingerprint density at radius 1 is 0.966 bits per heavy atom. The summed E-state index contributed by atoms with van der Waals surface area (Å²) in [5.74, 6) is 0.0551. The average molecular weight is 854 g/mol. The van der Waals surface area contributed by atoms with Crippen molar-refractivity contribution in [3.05, 3.63) is 55.6 Å². The Bertz CT molecular complexity index is 2130. The van der Waals surface area contributed by atoms with E-state index in [0.29, 0.717) is 42.2 Å². The van der Waals surface area contributed by atoms with Crippen LogP contribution in [0.15, 0.2) is 34.3 Å². The minimum Gasteiger partial charge on any atom is -0.481 e. The topological polar surface area (TPSA) is 124 Å². The molecule has 5 aliphatic carbocycles. The number of Topliss-reactive ketones (excluding diaryl/α,β-unsaturated/α-hetero) is 1. The summed E-state index contributed by atoms with van der Waals surface area (Å²) in [7, 11) is 4.02. The Balaban J connectivity index is 1.29. The van der Waals surface area contributed by atoms with Crippen molar-refractivity contribution in [2.45, 2.75) is 145 Å². The molecule has 324 valence electrons. The molecular weight excluding hydrogens is 787 g/mol. The number of likely N-dealkylation sites (N-methyl/N-ethyl adjacent to an activating group) is 1. The highest BCUT2D eigenvalue weighted by Crippen LogP contribution is 2.77. The van der Waals surface area contributed by atoms with E-state index in [1.807, 2.05) is 18.8 Å². The summed E-state index contributed by atoms with van der Waals surface area (Å²) >= 11 is 13.6. The van der Waals surface area contributed by atoms with Crippen molar-refractivity contribution in [2.75, 3.05) is 20.6 Å². The Morgan fingerprint density at radius 2 is 1.66 bits per heavy atom. The number of halogens is 2. The number of ether oxygens (including phenoxy) is 1. The second kappa shape index (κ2) is 14.9. The first-order valence-corrected chi connectivity index (χ1v) is 22.6. The summed E-state index contributed by atoms with van der Waals surface area (Å²) in [5, 5.41) is 10.3. The van der Waals surface area contributed by atoms with Crippen molar-refractivity contribution < 1.29 is 24.2 Å². The molecule has 7 rings (SSSR count). The van der Waals surface area contributed by atoms with Gasteiger partial charge in [-0.05, 0) is 143 Å². The number of carboxylic acids is 1. The second-order valence-electron chi connectivity index (χ2n) is 21.5. The third kappa shape index (κ3) is 6.61. The first-order chi connectivity index (χ1) is 27.4. The second-order valence-corrected chi connectivity index (χ2v) is 22.3. The lowest BCUT2D eigenvalue weighted by Gasteiger charge is -2.72. The van der Waals surface area contributed by atoms with Gasteiger partial charge in [0, 0.05) is 30.0 Å². The van der Waals surface area contributed by atoms with Gasteiger partial charge < -0.3 is 14.7 Å². The smallest absolute Gasteiger partial charge is 0.309 e. The number of hydrogen-bond acceptors (Lipinski definition) is 7. The third-order valence-corrected chi connectivity index (χ3v) is 17.6. The number of aromatic nitrogens is 3. The molecule has 0 saturated heterocycles. The monoisotopic (exact) mass is 852 g/mol. The fraction of sp³-hybridized carbons (Fsp3) is 0.723. The van der Waals surface area contributed by atoms with Crippen molar-refractivity contribution >= 4 is 40.9 Å². The van der Waals surface area contributed by atoms with Gasteiger partial charge in [0.15, 0.2) is 11.6 Å². The maximum absolute atomic E-state index is 14.6. The molecule has 2 aromatic heterocycles.